The first-order chi connectivity index (χ1) is 18.4. The number of nitrogens with two attached hydrogens (primary N) is 1. The summed E-state index contributed by atoms with van der Waals surface area (Å²) in [4.78, 5) is 27.2. The molecule has 1 spiro atoms. The smallest absolute Gasteiger partial charge is 0.220 e. The number of anilines is 2. The van der Waals surface area contributed by atoms with Gasteiger partial charge in [-0.25, -0.2) is 23.6 Å². The number of nitrogens with zero attached hydrogens (tertiary/aromatic N) is 4. The molecule has 2 aliphatic rings. The van der Waals surface area contributed by atoms with E-state index >= 15 is 4.39 Å². The molecule has 8 nitrogen and oxygen atoms in total. The minimum atomic E-state index is -1.36. The largest absolute Gasteiger partial charge is 0.368 e. The molecule has 3 N–H and O–H groups in total. The number of hydrogen-bond acceptors (Lipinski definition) is 7. The number of hydrogen-bond donors (Lipinski definition) is 2. The number of thiazole rings is 1. The summed E-state index contributed by atoms with van der Waals surface area (Å²) < 4.78 is 30.8. The van der Waals surface area contributed by atoms with Gasteiger partial charge in [-0.05, 0) is 68.6 Å². The van der Waals surface area contributed by atoms with E-state index in [0.717, 1.165) is 74.3 Å². The van der Waals surface area contributed by atoms with E-state index in [0.29, 0.717) is 28.1 Å². The van der Waals surface area contributed by atoms with Crippen LogP contribution in [-0.2, 0) is 15.8 Å². The Hall–Kier alpha value is -2.92. The third kappa shape index (κ3) is 5.58. The molecule has 11 heteroatoms. The van der Waals surface area contributed by atoms with Crippen molar-refractivity contribution in [3.05, 3.63) is 41.3 Å². The second-order valence-electron chi connectivity index (χ2n) is 10.3. The lowest BCUT2D eigenvalue weighted by Gasteiger charge is -2.45. The van der Waals surface area contributed by atoms with E-state index < -0.39 is 16.8 Å². The zero-order valence-electron chi connectivity index (χ0n) is 21.5. The van der Waals surface area contributed by atoms with Crippen molar-refractivity contribution in [2.45, 2.75) is 57.8 Å². The van der Waals surface area contributed by atoms with Crippen LogP contribution in [-0.4, -0.2) is 49.3 Å². The Kier molecular flexibility index (Phi) is 8.04. The number of nitrogens with one attached hydrogen (secondary N) is 1. The first kappa shape index (κ1) is 26.7. The molecule has 2 fully saturated rings. The summed E-state index contributed by atoms with van der Waals surface area (Å²) in [6.45, 7) is 3.60. The average molecular weight is 557 g/mol. The molecule has 1 aromatic carbocycles. The highest BCUT2D eigenvalue weighted by Crippen LogP contribution is 2.51. The summed E-state index contributed by atoms with van der Waals surface area (Å²) >= 11 is 1.54. The molecule has 1 saturated carbocycles. The molecule has 1 saturated heterocycles. The number of piperidine rings is 1. The van der Waals surface area contributed by atoms with Crippen molar-refractivity contribution in [1.29, 1.82) is 0 Å². The Bertz CT molecular complexity index is 1310. The molecule has 1 unspecified atom stereocenters. The zero-order chi connectivity index (χ0) is 26.7. The predicted octanol–water partition coefficient (Wildman–Crippen LogP) is 5.37. The van der Waals surface area contributed by atoms with Crippen molar-refractivity contribution in [3.8, 4) is 21.8 Å². The highest BCUT2D eigenvalue weighted by molar-refractivity contribution is 7.86. The van der Waals surface area contributed by atoms with Gasteiger partial charge in [0, 0.05) is 36.5 Å². The third-order valence-corrected chi connectivity index (χ3v) is 10.3. The summed E-state index contributed by atoms with van der Waals surface area (Å²) in [6, 6.07) is 6.81. The van der Waals surface area contributed by atoms with Gasteiger partial charge >= 0.3 is 0 Å². The molecule has 3 heterocycles. The molecule has 0 bridgehead atoms. The van der Waals surface area contributed by atoms with E-state index in [9.17, 15) is 9.00 Å². The molecule has 3 aromatic rings. The van der Waals surface area contributed by atoms with Gasteiger partial charge in [0.2, 0.25) is 12.4 Å². The van der Waals surface area contributed by atoms with Gasteiger partial charge in [0.05, 0.1) is 27.0 Å². The molecule has 1 atom stereocenters. The van der Waals surface area contributed by atoms with Crippen molar-refractivity contribution >= 4 is 40.4 Å². The lowest BCUT2D eigenvalue weighted by Crippen LogP contribution is -2.41. The number of aromatic nitrogens is 3. The van der Waals surface area contributed by atoms with Gasteiger partial charge in [-0.2, -0.15) is 0 Å². The van der Waals surface area contributed by atoms with Gasteiger partial charge in [0.15, 0.2) is 5.82 Å². The minimum absolute atomic E-state index is 0.149. The molecule has 5 rings (SSSR count). The van der Waals surface area contributed by atoms with Crippen LogP contribution < -0.4 is 10.5 Å². The number of benzene rings is 1. The number of amides is 1. The second-order valence-corrected chi connectivity index (χ2v) is 12.6. The van der Waals surface area contributed by atoms with Gasteiger partial charge < -0.3 is 15.4 Å². The van der Waals surface area contributed by atoms with Crippen LogP contribution in [0.5, 0.6) is 0 Å². The first-order valence-corrected chi connectivity index (χ1v) is 15.3. The summed E-state index contributed by atoms with van der Waals surface area (Å²) in [7, 11) is -1.36. The van der Waals surface area contributed by atoms with E-state index in [1.54, 1.807) is 30.5 Å². The molecule has 1 amide bonds. The summed E-state index contributed by atoms with van der Waals surface area (Å²) in [5.74, 6) is 0.381. The van der Waals surface area contributed by atoms with Crippen LogP contribution >= 0.6 is 11.3 Å². The standard InChI is InChI=1S/C27H33FN6O2S2/c1-2-16-38(36)33-20-5-3-4-19(22(20)28)23-24(21-8-13-30-26(29)31-21)37-25(32-23)18-6-9-27(10-7-18)11-14-34(17-35)15-12-27/h3-5,8,13,17-18,33H,2,6-7,9-12,14-16H2,1H3,(H2,29,30,31). The van der Waals surface area contributed by atoms with Crippen molar-refractivity contribution < 1.29 is 13.4 Å². The van der Waals surface area contributed by atoms with Crippen molar-refractivity contribution in [3.63, 3.8) is 0 Å². The molecule has 2 aromatic heterocycles. The molecule has 1 aliphatic carbocycles. The SMILES string of the molecule is CCCS(=O)Nc1cccc(-c2nc(C3CCC4(CC3)CCN(C=O)CC4)sc2-c2ccnc(N)n2)c1F. The summed E-state index contributed by atoms with van der Waals surface area (Å²) in [6.07, 6.45) is 9.63. The monoisotopic (exact) mass is 556 g/mol. The Balaban J connectivity index is 1.46. The van der Waals surface area contributed by atoms with Crippen LogP contribution in [0.1, 0.15) is 62.8 Å². The molecule has 1 aliphatic heterocycles. The molecular formula is C27H33FN6O2S2. The molecule has 38 heavy (non-hydrogen) atoms. The molecule has 202 valence electrons. The average Bonchev–Trinajstić information content (AvgIpc) is 3.36. The predicted molar refractivity (Wildman–Crippen MR) is 150 cm³/mol. The molecular weight excluding hydrogens is 523 g/mol. The van der Waals surface area contributed by atoms with E-state index in [1.165, 1.54) is 11.3 Å². The summed E-state index contributed by atoms with van der Waals surface area (Å²) in [5, 5.41) is 0.972. The van der Waals surface area contributed by atoms with Crippen LogP contribution in [0.3, 0.4) is 0 Å². The zero-order valence-corrected chi connectivity index (χ0v) is 23.1. The fraction of sp³-hybridized carbons (Fsp3) is 0.481. The maximum absolute atomic E-state index is 15.8. The Morgan fingerprint density at radius 1 is 1.21 bits per heavy atom. The van der Waals surface area contributed by atoms with Crippen LogP contribution in [0.4, 0.5) is 16.0 Å². The van der Waals surface area contributed by atoms with E-state index in [-0.39, 0.29) is 17.6 Å². The number of halogens is 1. The van der Waals surface area contributed by atoms with Crippen LogP contribution in [0, 0.1) is 11.2 Å². The lowest BCUT2D eigenvalue weighted by molar-refractivity contribution is -0.120. The maximum Gasteiger partial charge on any atom is 0.220 e. The maximum atomic E-state index is 15.8. The van der Waals surface area contributed by atoms with Crippen LogP contribution in [0.25, 0.3) is 21.8 Å². The van der Waals surface area contributed by atoms with Crippen LogP contribution in [0.15, 0.2) is 30.5 Å². The highest BCUT2D eigenvalue weighted by atomic mass is 32.2. The van der Waals surface area contributed by atoms with Gasteiger partial charge in [0.1, 0.15) is 11.0 Å². The van der Waals surface area contributed by atoms with Gasteiger partial charge in [0.25, 0.3) is 0 Å². The summed E-state index contributed by atoms with van der Waals surface area (Å²) in [5.41, 5.74) is 7.85. The quantitative estimate of drug-likeness (QED) is 0.361. The highest BCUT2D eigenvalue weighted by Gasteiger charge is 2.39. The number of rotatable bonds is 8. The number of likely N-dealkylation sites (tertiary alicyclic amines) is 1. The van der Waals surface area contributed by atoms with E-state index in [1.807, 2.05) is 11.8 Å². The van der Waals surface area contributed by atoms with Gasteiger partial charge in [-0.15, -0.1) is 11.3 Å². The first-order valence-electron chi connectivity index (χ1n) is 13.1. The van der Waals surface area contributed by atoms with Crippen molar-refractivity contribution in [1.82, 2.24) is 19.9 Å². The molecule has 0 radical (unpaired) electrons. The number of carbonyl (C=O) groups excluding carboxylic acids is 1. The van der Waals surface area contributed by atoms with Crippen molar-refractivity contribution in [2.24, 2.45) is 5.41 Å². The third-order valence-electron chi connectivity index (χ3n) is 7.82. The topological polar surface area (TPSA) is 114 Å². The normalized spacial score (nSPS) is 18.4. The van der Waals surface area contributed by atoms with Crippen molar-refractivity contribution in [2.75, 3.05) is 29.3 Å². The fourth-order valence-corrected chi connectivity index (χ4v) is 7.70. The Morgan fingerprint density at radius 2 is 1.97 bits per heavy atom. The fourth-order valence-electron chi connectivity index (χ4n) is 5.60. The minimum Gasteiger partial charge on any atom is -0.368 e. The van der Waals surface area contributed by atoms with Crippen LogP contribution in [0.2, 0.25) is 0 Å². The lowest BCUT2D eigenvalue weighted by atomic mass is 9.65. The van der Waals surface area contributed by atoms with Gasteiger partial charge in [-0.3, -0.25) is 4.79 Å². The Labute approximate surface area is 228 Å². The second kappa shape index (κ2) is 11.4. The number of nitrogen functional groups attached to an aromatic ring is 1. The van der Waals surface area contributed by atoms with E-state index in [2.05, 4.69) is 14.7 Å². The van der Waals surface area contributed by atoms with Gasteiger partial charge in [-0.1, -0.05) is 13.0 Å². The number of carbonyl (C=O) groups is 1. The Morgan fingerprint density at radius 3 is 2.66 bits per heavy atom. The van der Waals surface area contributed by atoms with E-state index in [4.69, 9.17) is 10.7 Å².